The zero-order valence-corrected chi connectivity index (χ0v) is 14.5. The highest BCUT2D eigenvalue weighted by atomic mass is 32.2. The van der Waals surface area contributed by atoms with E-state index in [1.54, 1.807) is 20.0 Å². The number of rotatable bonds is 6. The summed E-state index contributed by atoms with van der Waals surface area (Å²) in [5.74, 6) is 0.380. The van der Waals surface area contributed by atoms with Crippen molar-refractivity contribution in [3.8, 4) is 5.75 Å². The molecule has 0 bridgehead atoms. The Kier molecular flexibility index (Phi) is 5.41. The number of methoxy groups -OCH3 is 1. The molecule has 0 aromatic heterocycles. The van der Waals surface area contributed by atoms with E-state index in [0.29, 0.717) is 24.4 Å². The Bertz CT molecular complexity index is 610. The standard InChI is InChI=1S/C15H26N2O3S/c1-11-7-12(2)14(13(8-11)20-6)21(18,19)17(5)10-15(3,4)9-16/h7-8H,9-10,16H2,1-6H3. The maximum atomic E-state index is 12.8. The van der Waals surface area contributed by atoms with Crippen LogP contribution in [-0.4, -0.2) is 40.0 Å². The molecule has 0 heterocycles. The molecule has 0 amide bonds. The van der Waals surface area contributed by atoms with Crippen LogP contribution in [0.2, 0.25) is 0 Å². The Balaban J connectivity index is 3.32. The van der Waals surface area contributed by atoms with Gasteiger partial charge in [-0.25, -0.2) is 12.7 Å². The molecule has 21 heavy (non-hydrogen) atoms. The van der Waals surface area contributed by atoms with E-state index in [4.69, 9.17) is 10.5 Å². The van der Waals surface area contributed by atoms with Gasteiger partial charge in [-0.05, 0) is 43.0 Å². The first-order chi connectivity index (χ1) is 9.55. The van der Waals surface area contributed by atoms with Crippen molar-refractivity contribution >= 4 is 10.0 Å². The molecule has 0 spiro atoms. The summed E-state index contributed by atoms with van der Waals surface area (Å²) in [7, 11) is -0.562. The number of nitrogens with two attached hydrogens (primary N) is 1. The maximum Gasteiger partial charge on any atom is 0.246 e. The fourth-order valence-corrected chi connectivity index (χ4v) is 4.00. The van der Waals surface area contributed by atoms with Crippen LogP contribution in [0.4, 0.5) is 0 Å². The van der Waals surface area contributed by atoms with Crippen LogP contribution >= 0.6 is 0 Å². The van der Waals surface area contributed by atoms with Gasteiger partial charge in [0.15, 0.2) is 0 Å². The lowest BCUT2D eigenvalue weighted by Crippen LogP contribution is -2.40. The number of hydrogen-bond donors (Lipinski definition) is 1. The Hall–Kier alpha value is -1.11. The van der Waals surface area contributed by atoms with Crippen molar-refractivity contribution in [2.75, 3.05) is 27.2 Å². The van der Waals surface area contributed by atoms with Gasteiger partial charge in [0.25, 0.3) is 0 Å². The molecule has 0 saturated heterocycles. The van der Waals surface area contributed by atoms with E-state index >= 15 is 0 Å². The van der Waals surface area contributed by atoms with Crippen LogP contribution in [0.25, 0.3) is 0 Å². The fraction of sp³-hybridized carbons (Fsp3) is 0.600. The first-order valence-corrected chi connectivity index (χ1v) is 8.31. The third-order valence-electron chi connectivity index (χ3n) is 3.48. The first kappa shape index (κ1) is 17.9. The van der Waals surface area contributed by atoms with E-state index in [1.807, 2.05) is 26.8 Å². The molecule has 0 aliphatic rings. The molecule has 5 nitrogen and oxygen atoms in total. The van der Waals surface area contributed by atoms with Crippen LogP contribution in [0, 0.1) is 19.3 Å². The molecule has 0 aliphatic carbocycles. The molecule has 0 atom stereocenters. The smallest absolute Gasteiger partial charge is 0.246 e. The fourth-order valence-electron chi connectivity index (χ4n) is 2.31. The molecule has 1 aromatic carbocycles. The summed E-state index contributed by atoms with van der Waals surface area (Å²) in [5.41, 5.74) is 7.06. The maximum absolute atomic E-state index is 12.8. The second-order valence-electron chi connectivity index (χ2n) is 6.24. The molecule has 0 fully saturated rings. The SMILES string of the molecule is COc1cc(C)cc(C)c1S(=O)(=O)N(C)CC(C)(C)CN. The predicted octanol–water partition coefficient (Wildman–Crippen LogP) is 1.92. The van der Waals surface area contributed by atoms with Gasteiger partial charge in [-0.3, -0.25) is 0 Å². The van der Waals surface area contributed by atoms with Crippen molar-refractivity contribution in [1.82, 2.24) is 4.31 Å². The summed E-state index contributed by atoms with van der Waals surface area (Å²) in [6, 6.07) is 3.58. The van der Waals surface area contributed by atoms with Crippen molar-refractivity contribution in [2.24, 2.45) is 11.1 Å². The third-order valence-corrected chi connectivity index (χ3v) is 5.47. The van der Waals surface area contributed by atoms with Gasteiger partial charge in [0.05, 0.1) is 7.11 Å². The topological polar surface area (TPSA) is 72.6 Å². The molecule has 0 radical (unpaired) electrons. The third kappa shape index (κ3) is 3.96. The Morgan fingerprint density at radius 3 is 2.33 bits per heavy atom. The molecule has 120 valence electrons. The van der Waals surface area contributed by atoms with Crippen molar-refractivity contribution in [1.29, 1.82) is 0 Å². The molecule has 0 aliphatic heterocycles. The van der Waals surface area contributed by atoms with E-state index in [0.717, 1.165) is 5.56 Å². The van der Waals surface area contributed by atoms with E-state index in [2.05, 4.69) is 0 Å². The first-order valence-electron chi connectivity index (χ1n) is 6.87. The summed E-state index contributed by atoms with van der Waals surface area (Å²) < 4.78 is 32.3. The Labute approximate surface area is 128 Å². The quantitative estimate of drug-likeness (QED) is 0.870. The molecular formula is C15H26N2O3S. The van der Waals surface area contributed by atoms with Crippen LogP contribution in [0.3, 0.4) is 0 Å². The average Bonchev–Trinajstić information content (AvgIpc) is 2.36. The molecule has 2 N–H and O–H groups in total. The highest BCUT2D eigenvalue weighted by Gasteiger charge is 2.30. The van der Waals surface area contributed by atoms with Crippen LogP contribution in [0.5, 0.6) is 5.75 Å². The minimum absolute atomic E-state index is 0.228. The van der Waals surface area contributed by atoms with Crippen LogP contribution in [-0.2, 0) is 10.0 Å². The van der Waals surface area contributed by atoms with Gasteiger partial charge in [0.1, 0.15) is 10.6 Å². The molecular weight excluding hydrogens is 288 g/mol. The lowest BCUT2D eigenvalue weighted by atomic mass is 9.94. The van der Waals surface area contributed by atoms with E-state index < -0.39 is 10.0 Å². The van der Waals surface area contributed by atoms with Gasteiger partial charge in [-0.15, -0.1) is 0 Å². The second kappa shape index (κ2) is 6.34. The van der Waals surface area contributed by atoms with Crippen molar-refractivity contribution in [3.63, 3.8) is 0 Å². The van der Waals surface area contributed by atoms with E-state index in [-0.39, 0.29) is 10.3 Å². The summed E-state index contributed by atoms with van der Waals surface area (Å²) in [6.07, 6.45) is 0. The van der Waals surface area contributed by atoms with Crippen LogP contribution in [0.1, 0.15) is 25.0 Å². The van der Waals surface area contributed by atoms with E-state index in [9.17, 15) is 8.42 Å². The zero-order valence-electron chi connectivity index (χ0n) is 13.7. The van der Waals surface area contributed by atoms with Crippen LogP contribution in [0.15, 0.2) is 17.0 Å². The number of nitrogens with zero attached hydrogens (tertiary/aromatic N) is 1. The van der Waals surface area contributed by atoms with Gasteiger partial charge in [0.2, 0.25) is 10.0 Å². The van der Waals surface area contributed by atoms with Gasteiger partial charge in [0, 0.05) is 13.6 Å². The molecule has 0 saturated carbocycles. The largest absolute Gasteiger partial charge is 0.495 e. The van der Waals surface area contributed by atoms with Gasteiger partial charge >= 0.3 is 0 Å². The number of aryl methyl sites for hydroxylation is 2. The van der Waals surface area contributed by atoms with Crippen molar-refractivity contribution in [2.45, 2.75) is 32.6 Å². The highest BCUT2D eigenvalue weighted by Crippen LogP contribution is 2.32. The Morgan fingerprint density at radius 1 is 1.29 bits per heavy atom. The highest BCUT2D eigenvalue weighted by molar-refractivity contribution is 7.89. The average molecular weight is 314 g/mol. The molecule has 0 unspecified atom stereocenters. The van der Waals surface area contributed by atoms with Crippen LogP contribution < -0.4 is 10.5 Å². The molecule has 1 aromatic rings. The van der Waals surface area contributed by atoms with Crippen molar-refractivity contribution in [3.05, 3.63) is 23.3 Å². The van der Waals surface area contributed by atoms with Gasteiger partial charge in [-0.1, -0.05) is 19.9 Å². The van der Waals surface area contributed by atoms with E-state index in [1.165, 1.54) is 11.4 Å². The lowest BCUT2D eigenvalue weighted by Gasteiger charge is -2.29. The number of hydrogen-bond acceptors (Lipinski definition) is 4. The van der Waals surface area contributed by atoms with Gasteiger partial charge < -0.3 is 10.5 Å². The lowest BCUT2D eigenvalue weighted by molar-refractivity contribution is 0.291. The number of sulfonamides is 1. The minimum atomic E-state index is -3.62. The number of benzene rings is 1. The number of ether oxygens (including phenoxy) is 1. The summed E-state index contributed by atoms with van der Waals surface area (Å²) in [6.45, 7) is 8.34. The normalized spacial score (nSPS) is 12.8. The summed E-state index contributed by atoms with van der Waals surface area (Å²) in [4.78, 5) is 0.228. The van der Waals surface area contributed by atoms with Gasteiger partial charge in [-0.2, -0.15) is 0 Å². The van der Waals surface area contributed by atoms with Crippen molar-refractivity contribution < 1.29 is 13.2 Å². The molecule has 1 rings (SSSR count). The predicted molar refractivity (Wildman–Crippen MR) is 85.1 cm³/mol. The second-order valence-corrected chi connectivity index (χ2v) is 8.22. The zero-order chi connectivity index (χ0) is 16.4. The Morgan fingerprint density at radius 2 is 1.86 bits per heavy atom. The summed E-state index contributed by atoms with van der Waals surface area (Å²) >= 11 is 0. The monoisotopic (exact) mass is 314 g/mol. The summed E-state index contributed by atoms with van der Waals surface area (Å²) in [5, 5.41) is 0. The molecule has 6 heteroatoms. The minimum Gasteiger partial charge on any atom is -0.495 e.